The number of halogens is 2. The van der Waals surface area contributed by atoms with Crippen LogP contribution < -0.4 is 10.2 Å². The van der Waals surface area contributed by atoms with E-state index < -0.39 is 0 Å². The molecule has 178 valence electrons. The first-order valence-corrected chi connectivity index (χ1v) is 12.7. The zero-order chi connectivity index (χ0) is 24.4. The number of piperazine rings is 1. The van der Waals surface area contributed by atoms with Gasteiger partial charge in [-0.3, -0.25) is 9.59 Å². The fourth-order valence-corrected chi connectivity index (χ4v) is 5.18. The number of carbonyl (C=O) groups excluding carboxylic acids is 2. The van der Waals surface area contributed by atoms with Crippen LogP contribution in [-0.4, -0.2) is 42.9 Å². The van der Waals surface area contributed by atoms with Gasteiger partial charge in [-0.05, 0) is 53.9 Å². The van der Waals surface area contributed by atoms with Gasteiger partial charge in [-0.25, -0.2) is 0 Å². The number of thiophene rings is 1. The summed E-state index contributed by atoms with van der Waals surface area (Å²) in [6.45, 7) is 2.61. The van der Waals surface area contributed by atoms with E-state index in [1.807, 2.05) is 46.7 Å². The van der Waals surface area contributed by atoms with Crippen LogP contribution in [-0.2, 0) is 0 Å². The minimum atomic E-state index is -0.372. The Morgan fingerprint density at radius 1 is 0.914 bits per heavy atom. The van der Waals surface area contributed by atoms with Gasteiger partial charge < -0.3 is 19.5 Å². The summed E-state index contributed by atoms with van der Waals surface area (Å²) in [5.74, 6) is 0.442. The molecule has 0 saturated carbocycles. The molecule has 0 atom stereocenters. The standard InChI is InChI=1S/C26H21Cl2N3O3S/c27-18-4-1-3-17(15-18)22-8-9-23(34-22)25(32)29-19-6-7-21(20(28)16-19)30-10-12-31(13-11-30)26(33)24-5-2-14-35-24/h1-9,14-16H,10-13H2,(H,29,32). The fourth-order valence-electron chi connectivity index (χ4n) is 4.00. The van der Waals surface area contributed by atoms with Gasteiger partial charge in [-0.2, -0.15) is 0 Å². The molecule has 0 spiro atoms. The number of anilines is 2. The molecule has 35 heavy (non-hydrogen) atoms. The first-order chi connectivity index (χ1) is 17.0. The van der Waals surface area contributed by atoms with E-state index in [0.717, 1.165) is 16.1 Å². The summed E-state index contributed by atoms with van der Waals surface area (Å²) in [5, 5.41) is 5.86. The van der Waals surface area contributed by atoms with Crippen molar-refractivity contribution in [1.29, 1.82) is 0 Å². The highest BCUT2D eigenvalue weighted by Crippen LogP contribution is 2.31. The molecule has 4 aromatic rings. The van der Waals surface area contributed by atoms with E-state index >= 15 is 0 Å². The lowest BCUT2D eigenvalue weighted by molar-refractivity contribution is 0.0751. The van der Waals surface area contributed by atoms with Crippen molar-refractivity contribution < 1.29 is 14.0 Å². The third-order valence-electron chi connectivity index (χ3n) is 5.78. The van der Waals surface area contributed by atoms with Gasteiger partial charge in [0.1, 0.15) is 5.76 Å². The molecular weight excluding hydrogens is 505 g/mol. The third-order valence-corrected chi connectivity index (χ3v) is 7.18. The Morgan fingerprint density at radius 2 is 1.74 bits per heavy atom. The maximum atomic E-state index is 12.7. The van der Waals surface area contributed by atoms with Gasteiger partial charge >= 0.3 is 0 Å². The van der Waals surface area contributed by atoms with E-state index in [-0.39, 0.29) is 17.6 Å². The van der Waals surface area contributed by atoms with E-state index in [0.29, 0.717) is 47.7 Å². The van der Waals surface area contributed by atoms with Crippen LogP contribution in [0.25, 0.3) is 11.3 Å². The predicted molar refractivity (Wildman–Crippen MR) is 141 cm³/mol. The first kappa shape index (κ1) is 23.5. The van der Waals surface area contributed by atoms with Crippen molar-refractivity contribution in [2.45, 2.75) is 0 Å². The SMILES string of the molecule is O=C(Nc1ccc(N2CCN(C(=O)c3cccs3)CC2)c(Cl)c1)c1ccc(-c2cccc(Cl)c2)o1. The second kappa shape index (κ2) is 10.2. The average molecular weight is 526 g/mol. The van der Waals surface area contributed by atoms with Crippen molar-refractivity contribution in [3.05, 3.63) is 92.8 Å². The van der Waals surface area contributed by atoms with Crippen LogP contribution in [0.2, 0.25) is 10.0 Å². The molecule has 9 heteroatoms. The number of hydrogen-bond donors (Lipinski definition) is 1. The maximum absolute atomic E-state index is 12.7. The van der Waals surface area contributed by atoms with Gasteiger partial charge in [0.15, 0.2) is 5.76 Å². The number of carbonyl (C=O) groups is 2. The molecule has 2 aromatic carbocycles. The largest absolute Gasteiger partial charge is 0.451 e. The molecule has 1 N–H and O–H groups in total. The lowest BCUT2D eigenvalue weighted by Gasteiger charge is -2.36. The second-order valence-electron chi connectivity index (χ2n) is 8.05. The molecule has 0 unspecified atom stereocenters. The van der Waals surface area contributed by atoms with Gasteiger partial charge in [-0.15, -0.1) is 11.3 Å². The van der Waals surface area contributed by atoms with Crippen LogP contribution in [0.1, 0.15) is 20.2 Å². The zero-order valence-corrected chi connectivity index (χ0v) is 20.9. The van der Waals surface area contributed by atoms with Gasteiger partial charge in [-0.1, -0.05) is 41.4 Å². The molecule has 6 nitrogen and oxygen atoms in total. The summed E-state index contributed by atoms with van der Waals surface area (Å²) in [5.41, 5.74) is 2.23. The van der Waals surface area contributed by atoms with Crippen LogP contribution in [0.5, 0.6) is 0 Å². The van der Waals surface area contributed by atoms with Gasteiger partial charge in [0, 0.05) is 42.5 Å². The third kappa shape index (κ3) is 5.22. The zero-order valence-electron chi connectivity index (χ0n) is 18.5. The molecule has 5 rings (SSSR count). The number of amides is 2. The Morgan fingerprint density at radius 3 is 2.46 bits per heavy atom. The number of nitrogens with one attached hydrogen (secondary N) is 1. The van der Waals surface area contributed by atoms with Gasteiger partial charge in [0.05, 0.1) is 15.6 Å². The number of nitrogens with zero attached hydrogens (tertiary/aromatic N) is 2. The van der Waals surface area contributed by atoms with Crippen molar-refractivity contribution in [1.82, 2.24) is 4.90 Å². The van der Waals surface area contributed by atoms with Crippen molar-refractivity contribution in [3.63, 3.8) is 0 Å². The molecule has 1 fully saturated rings. The first-order valence-electron chi connectivity index (χ1n) is 11.0. The minimum Gasteiger partial charge on any atom is -0.451 e. The molecule has 0 radical (unpaired) electrons. The van der Waals surface area contributed by atoms with Crippen LogP contribution in [0.4, 0.5) is 11.4 Å². The monoisotopic (exact) mass is 525 g/mol. The van der Waals surface area contributed by atoms with Crippen LogP contribution in [0, 0.1) is 0 Å². The summed E-state index contributed by atoms with van der Waals surface area (Å²) in [6.07, 6.45) is 0. The Bertz CT molecular complexity index is 1360. The maximum Gasteiger partial charge on any atom is 0.291 e. The molecule has 0 bridgehead atoms. The molecule has 3 heterocycles. The summed E-state index contributed by atoms with van der Waals surface area (Å²) >= 11 is 14.1. The number of hydrogen-bond acceptors (Lipinski definition) is 5. The summed E-state index contributed by atoms with van der Waals surface area (Å²) in [4.78, 5) is 30.0. The smallest absolute Gasteiger partial charge is 0.291 e. The van der Waals surface area contributed by atoms with Crippen molar-refractivity contribution in [2.75, 3.05) is 36.4 Å². The summed E-state index contributed by atoms with van der Waals surface area (Å²) in [7, 11) is 0. The summed E-state index contributed by atoms with van der Waals surface area (Å²) in [6, 6.07) is 19.8. The topological polar surface area (TPSA) is 65.8 Å². The molecule has 1 saturated heterocycles. The molecular formula is C26H21Cl2N3O3S. The quantitative estimate of drug-likeness (QED) is 0.321. The molecule has 1 aliphatic heterocycles. The van der Waals surface area contributed by atoms with Crippen molar-refractivity contribution >= 4 is 57.7 Å². The highest BCUT2D eigenvalue weighted by Gasteiger charge is 2.24. The van der Waals surface area contributed by atoms with E-state index in [4.69, 9.17) is 27.6 Å². The predicted octanol–water partition coefficient (Wildman–Crippen LogP) is 6.53. The number of benzene rings is 2. The highest BCUT2D eigenvalue weighted by molar-refractivity contribution is 7.12. The van der Waals surface area contributed by atoms with Gasteiger partial charge in [0.25, 0.3) is 11.8 Å². The van der Waals surface area contributed by atoms with Crippen molar-refractivity contribution in [3.8, 4) is 11.3 Å². The minimum absolute atomic E-state index is 0.0697. The number of furan rings is 1. The Labute approximate surface area is 216 Å². The number of rotatable bonds is 5. The lowest BCUT2D eigenvalue weighted by Crippen LogP contribution is -2.48. The Balaban J connectivity index is 1.21. The van der Waals surface area contributed by atoms with E-state index in [9.17, 15) is 9.59 Å². The molecule has 1 aliphatic rings. The molecule has 2 aromatic heterocycles. The Kier molecular flexibility index (Phi) is 6.81. The van der Waals surface area contributed by atoms with E-state index in [2.05, 4.69) is 10.2 Å². The van der Waals surface area contributed by atoms with Crippen LogP contribution in [0.15, 0.2) is 76.5 Å². The lowest BCUT2D eigenvalue weighted by atomic mass is 10.2. The molecule has 2 amide bonds. The Hall–Kier alpha value is -3.26. The van der Waals surface area contributed by atoms with Gasteiger partial charge in [0.2, 0.25) is 0 Å². The van der Waals surface area contributed by atoms with E-state index in [1.54, 1.807) is 30.3 Å². The van der Waals surface area contributed by atoms with E-state index in [1.165, 1.54) is 11.3 Å². The van der Waals surface area contributed by atoms with Crippen LogP contribution >= 0.6 is 34.5 Å². The van der Waals surface area contributed by atoms with Crippen LogP contribution in [0.3, 0.4) is 0 Å². The highest BCUT2D eigenvalue weighted by atomic mass is 35.5. The normalized spacial score (nSPS) is 13.7. The summed E-state index contributed by atoms with van der Waals surface area (Å²) < 4.78 is 5.72. The van der Waals surface area contributed by atoms with Crippen molar-refractivity contribution in [2.24, 2.45) is 0 Å². The molecule has 0 aliphatic carbocycles. The second-order valence-corrected chi connectivity index (χ2v) is 9.84. The fraction of sp³-hybridized carbons (Fsp3) is 0.154. The average Bonchev–Trinajstić information content (AvgIpc) is 3.57.